The molecule has 0 saturated heterocycles. The van der Waals surface area contributed by atoms with Crippen molar-refractivity contribution in [1.82, 2.24) is 0 Å². The Labute approximate surface area is 105 Å². The summed E-state index contributed by atoms with van der Waals surface area (Å²) in [6.45, 7) is 10.7. The number of nitrogens with two attached hydrogens (primary N) is 1. The van der Waals surface area contributed by atoms with Crippen LogP contribution >= 0.6 is 0 Å². The Kier molecular flexibility index (Phi) is 4.58. The van der Waals surface area contributed by atoms with Crippen molar-refractivity contribution in [3.05, 3.63) is 29.8 Å². The third-order valence-corrected chi connectivity index (χ3v) is 2.51. The second kappa shape index (κ2) is 5.54. The summed E-state index contributed by atoms with van der Waals surface area (Å²) < 4.78 is 5.80. The summed E-state index contributed by atoms with van der Waals surface area (Å²) in [6, 6.07) is 8.10. The highest BCUT2D eigenvalue weighted by Crippen LogP contribution is 2.32. The molecule has 1 rings (SSSR count). The molecule has 1 atom stereocenters. The van der Waals surface area contributed by atoms with E-state index in [4.69, 9.17) is 10.5 Å². The third-order valence-electron chi connectivity index (χ3n) is 2.51. The van der Waals surface area contributed by atoms with E-state index < -0.39 is 0 Å². The molecule has 0 aromatic heterocycles. The van der Waals surface area contributed by atoms with Crippen molar-refractivity contribution in [2.24, 2.45) is 11.1 Å². The average Bonchev–Trinajstić information content (AvgIpc) is 2.14. The van der Waals surface area contributed by atoms with Crippen molar-refractivity contribution >= 4 is 0 Å². The van der Waals surface area contributed by atoms with E-state index in [0.717, 1.165) is 17.7 Å². The van der Waals surface area contributed by atoms with Crippen LogP contribution in [0.4, 0.5) is 0 Å². The normalized spacial score (nSPS) is 13.8. The van der Waals surface area contributed by atoms with Gasteiger partial charge in [0.25, 0.3) is 0 Å². The second-order valence-corrected chi connectivity index (χ2v) is 6.08. The van der Waals surface area contributed by atoms with E-state index in [2.05, 4.69) is 26.8 Å². The summed E-state index contributed by atoms with van der Waals surface area (Å²) >= 11 is 0. The number of para-hydroxylation sites is 1. The first kappa shape index (κ1) is 14.0. The molecule has 96 valence electrons. The molecule has 0 spiro atoms. The van der Waals surface area contributed by atoms with E-state index in [-0.39, 0.29) is 17.6 Å². The zero-order valence-corrected chi connectivity index (χ0v) is 11.7. The third kappa shape index (κ3) is 4.78. The Hall–Kier alpha value is -1.02. The van der Waals surface area contributed by atoms with Gasteiger partial charge in [0, 0.05) is 11.6 Å². The van der Waals surface area contributed by atoms with Gasteiger partial charge in [-0.1, -0.05) is 39.0 Å². The van der Waals surface area contributed by atoms with Crippen LogP contribution in [0.25, 0.3) is 0 Å². The van der Waals surface area contributed by atoms with Gasteiger partial charge in [-0.15, -0.1) is 0 Å². The van der Waals surface area contributed by atoms with Gasteiger partial charge in [-0.25, -0.2) is 0 Å². The van der Waals surface area contributed by atoms with Crippen LogP contribution in [0.2, 0.25) is 0 Å². The molecule has 2 heteroatoms. The van der Waals surface area contributed by atoms with Gasteiger partial charge in [0.05, 0.1) is 6.10 Å². The molecular weight excluding hydrogens is 210 g/mol. The quantitative estimate of drug-likeness (QED) is 0.858. The Morgan fingerprint density at radius 2 is 1.76 bits per heavy atom. The molecule has 1 aromatic carbocycles. The van der Waals surface area contributed by atoms with Crippen LogP contribution in [0, 0.1) is 5.41 Å². The van der Waals surface area contributed by atoms with Crippen LogP contribution in [0.15, 0.2) is 24.3 Å². The first-order chi connectivity index (χ1) is 7.79. The molecule has 0 saturated carbocycles. The molecule has 1 aromatic rings. The summed E-state index contributed by atoms with van der Waals surface area (Å²) in [7, 11) is 0. The van der Waals surface area contributed by atoms with Crippen LogP contribution in [-0.4, -0.2) is 6.10 Å². The molecule has 0 aliphatic heterocycles. The molecule has 17 heavy (non-hydrogen) atoms. The van der Waals surface area contributed by atoms with Gasteiger partial charge in [-0.3, -0.25) is 0 Å². The Balaban J connectivity index is 2.88. The lowest BCUT2D eigenvalue weighted by atomic mass is 9.85. The standard InChI is InChI=1S/C15H25NO/c1-11(2)17-14-9-7-6-8-12(14)13(16)10-15(3,4)5/h6-9,11,13H,10,16H2,1-5H3. The number of hydrogen-bond donors (Lipinski definition) is 1. The maximum Gasteiger partial charge on any atom is 0.124 e. The first-order valence-corrected chi connectivity index (χ1v) is 6.31. The molecule has 0 heterocycles. The zero-order chi connectivity index (χ0) is 13.1. The molecule has 0 aliphatic carbocycles. The van der Waals surface area contributed by atoms with Crippen molar-refractivity contribution in [2.75, 3.05) is 0 Å². The van der Waals surface area contributed by atoms with Gasteiger partial charge in [0.1, 0.15) is 5.75 Å². The van der Waals surface area contributed by atoms with Crippen LogP contribution in [-0.2, 0) is 0 Å². The van der Waals surface area contributed by atoms with Gasteiger partial charge in [-0.2, -0.15) is 0 Å². The summed E-state index contributed by atoms with van der Waals surface area (Å²) in [5, 5.41) is 0. The SMILES string of the molecule is CC(C)Oc1ccccc1C(N)CC(C)(C)C. The molecule has 0 fully saturated rings. The van der Waals surface area contributed by atoms with E-state index in [1.165, 1.54) is 0 Å². The lowest BCUT2D eigenvalue weighted by Crippen LogP contribution is -2.20. The highest BCUT2D eigenvalue weighted by Gasteiger charge is 2.19. The van der Waals surface area contributed by atoms with Crippen LogP contribution in [0.3, 0.4) is 0 Å². The molecule has 2 N–H and O–H groups in total. The fourth-order valence-corrected chi connectivity index (χ4v) is 1.92. The van der Waals surface area contributed by atoms with Crippen LogP contribution in [0.1, 0.15) is 52.6 Å². The number of rotatable bonds is 4. The fourth-order valence-electron chi connectivity index (χ4n) is 1.92. The smallest absolute Gasteiger partial charge is 0.124 e. The predicted octanol–water partition coefficient (Wildman–Crippen LogP) is 3.91. The highest BCUT2D eigenvalue weighted by atomic mass is 16.5. The maximum absolute atomic E-state index is 6.28. The van der Waals surface area contributed by atoms with Crippen molar-refractivity contribution < 1.29 is 4.74 Å². The Bertz CT molecular complexity index is 352. The first-order valence-electron chi connectivity index (χ1n) is 6.31. The van der Waals surface area contributed by atoms with Gasteiger partial charge in [0.15, 0.2) is 0 Å². The molecular formula is C15H25NO. The average molecular weight is 235 g/mol. The second-order valence-electron chi connectivity index (χ2n) is 6.08. The van der Waals surface area contributed by atoms with E-state index in [1.807, 2.05) is 32.0 Å². The Morgan fingerprint density at radius 1 is 1.18 bits per heavy atom. The number of benzene rings is 1. The topological polar surface area (TPSA) is 35.2 Å². The number of ether oxygens (including phenoxy) is 1. The van der Waals surface area contributed by atoms with E-state index in [0.29, 0.717) is 0 Å². The number of hydrogen-bond acceptors (Lipinski definition) is 2. The molecule has 0 aliphatic rings. The van der Waals surface area contributed by atoms with Crippen molar-refractivity contribution in [3.63, 3.8) is 0 Å². The summed E-state index contributed by atoms with van der Waals surface area (Å²) in [5.41, 5.74) is 7.61. The summed E-state index contributed by atoms with van der Waals surface area (Å²) in [4.78, 5) is 0. The minimum Gasteiger partial charge on any atom is -0.491 e. The Morgan fingerprint density at radius 3 is 2.29 bits per heavy atom. The molecule has 0 radical (unpaired) electrons. The van der Waals surface area contributed by atoms with Crippen LogP contribution in [0.5, 0.6) is 5.75 Å². The van der Waals surface area contributed by atoms with Crippen molar-refractivity contribution in [1.29, 1.82) is 0 Å². The zero-order valence-electron chi connectivity index (χ0n) is 11.7. The predicted molar refractivity (Wildman–Crippen MR) is 73.2 cm³/mol. The van der Waals surface area contributed by atoms with Crippen molar-refractivity contribution in [2.45, 2.75) is 53.2 Å². The minimum absolute atomic E-state index is 0.0324. The van der Waals surface area contributed by atoms with E-state index >= 15 is 0 Å². The largest absolute Gasteiger partial charge is 0.491 e. The van der Waals surface area contributed by atoms with Gasteiger partial charge >= 0.3 is 0 Å². The summed E-state index contributed by atoms with van der Waals surface area (Å²) in [5.74, 6) is 0.916. The van der Waals surface area contributed by atoms with Crippen LogP contribution < -0.4 is 10.5 Å². The highest BCUT2D eigenvalue weighted by molar-refractivity contribution is 5.36. The minimum atomic E-state index is 0.0324. The van der Waals surface area contributed by atoms with Gasteiger partial charge in [0.2, 0.25) is 0 Å². The molecule has 1 unspecified atom stereocenters. The van der Waals surface area contributed by atoms with Crippen molar-refractivity contribution in [3.8, 4) is 5.75 Å². The lowest BCUT2D eigenvalue weighted by Gasteiger charge is -2.25. The fraction of sp³-hybridized carbons (Fsp3) is 0.600. The van der Waals surface area contributed by atoms with Gasteiger partial charge in [-0.05, 0) is 31.7 Å². The lowest BCUT2D eigenvalue weighted by molar-refractivity contribution is 0.236. The van der Waals surface area contributed by atoms with E-state index in [1.54, 1.807) is 0 Å². The molecule has 2 nitrogen and oxygen atoms in total. The maximum atomic E-state index is 6.28. The molecule has 0 bridgehead atoms. The summed E-state index contributed by atoms with van der Waals surface area (Å²) in [6.07, 6.45) is 1.13. The van der Waals surface area contributed by atoms with E-state index in [9.17, 15) is 0 Å². The molecule has 0 amide bonds. The van der Waals surface area contributed by atoms with Gasteiger partial charge < -0.3 is 10.5 Å². The monoisotopic (exact) mass is 235 g/mol.